The lowest BCUT2D eigenvalue weighted by Gasteiger charge is -2.09. The van der Waals surface area contributed by atoms with Crippen LogP contribution in [-0.4, -0.2) is 11.8 Å². The Hall–Kier alpha value is -2.62. The summed E-state index contributed by atoms with van der Waals surface area (Å²) >= 11 is 0. The molecule has 0 fully saturated rings. The number of rotatable bonds is 4. The van der Waals surface area contributed by atoms with Crippen LogP contribution in [0.1, 0.15) is 36.5 Å². The average Bonchev–Trinajstić information content (AvgIpc) is 2.55. The van der Waals surface area contributed by atoms with E-state index < -0.39 is 11.8 Å². The zero-order valence-corrected chi connectivity index (χ0v) is 13.7. The molecule has 0 saturated heterocycles. The third-order valence-electron chi connectivity index (χ3n) is 3.70. The van der Waals surface area contributed by atoms with Gasteiger partial charge < -0.3 is 10.6 Å². The van der Waals surface area contributed by atoms with Gasteiger partial charge in [0.05, 0.1) is 0 Å². The van der Waals surface area contributed by atoms with Gasteiger partial charge in [-0.3, -0.25) is 9.59 Å². The number of benzene rings is 2. The van der Waals surface area contributed by atoms with E-state index in [4.69, 9.17) is 0 Å². The van der Waals surface area contributed by atoms with Crippen molar-refractivity contribution in [1.82, 2.24) is 5.32 Å². The molecule has 2 aromatic carbocycles. The molecule has 0 unspecified atom stereocenters. The van der Waals surface area contributed by atoms with Crippen molar-refractivity contribution in [1.29, 1.82) is 0 Å². The van der Waals surface area contributed by atoms with Crippen molar-refractivity contribution in [2.75, 3.05) is 5.32 Å². The smallest absolute Gasteiger partial charge is 0.313 e. The number of carbonyl (C=O) groups is 2. The average molecular weight is 310 g/mol. The minimum atomic E-state index is -0.655. The first kappa shape index (κ1) is 16.7. The Labute approximate surface area is 136 Å². The van der Waals surface area contributed by atoms with Crippen molar-refractivity contribution in [3.05, 3.63) is 65.2 Å². The largest absolute Gasteiger partial charge is 0.344 e. The summed E-state index contributed by atoms with van der Waals surface area (Å²) in [4.78, 5) is 23.8. The Bertz CT molecular complexity index is 691. The number of hydrogen-bond acceptors (Lipinski definition) is 2. The number of amides is 2. The molecular weight excluding hydrogens is 288 g/mol. The topological polar surface area (TPSA) is 58.2 Å². The highest BCUT2D eigenvalue weighted by atomic mass is 16.2. The Balaban J connectivity index is 1.89. The maximum atomic E-state index is 11.9. The van der Waals surface area contributed by atoms with Crippen molar-refractivity contribution in [2.45, 2.75) is 33.2 Å². The lowest BCUT2D eigenvalue weighted by molar-refractivity contribution is -0.136. The second-order valence-electron chi connectivity index (χ2n) is 5.85. The predicted molar refractivity (Wildman–Crippen MR) is 92.2 cm³/mol. The molecule has 2 amide bonds. The van der Waals surface area contributed by atoms with Crippen LogP contribution in [0, 0.1) is 6.92 Å². The Kier molecular flexibility index (Phi) is 5.52. The fraction of sp³-hybridized carbons (Fsp3) is 0.263. The molecule has 120 valence electrons. The lowest BCUT2D eigenvalue weighted by atomic mass is 10.0. The summed E-state index contributed by atoms with van der Waals surface area (Å²) in [7, 11) is 0. The molecule has 0 aliphatic heterocycles. The second kappa shape index (κ2) is 7.58. The molecule has 23 heavy (non-hydrogen) atoms. The SMILES string of the molecule is Cc1ccccc1NC(=O)C(=O)NCc1ccc(C(C)C)cc1. The van der Waals surface area contributed by atoms with Gasteiger partial charge in [-0.1, -0.05) is 56.3 Å². The van der Waals surface area contributed by atoms with Gasteiger partial charge in [-0.2, -0.15) is 0 Å². The summed E-state index contributed by atoms with van der Waals surface area (Å²) < 4.78 is 0. The van der Waals surface area contributed by atoms with Crippen molar-refractivity contribution < 1.29 is 9.59 Å². The number of aryl methyl sites for hydroxylation is 1. The molecule has 0 bridgehead atoms. The lowest BCUT2D eigenvalue weighted by Crippen LogP contribution is -2.35. The van der Waals surface area contributed by atoms with E-state index in [1.54, 1.807) is 6.07 Å². The molecule has 2 aromatic rings. The third-order valence-corrected chi connectivity index (χ3v) is 3.70. The highest BCUT2D eigenvalue weighted by Gasteiger charge is 2.14. The highest BCUT2D eigenvalue weighted by Crippen LogP contribution is 2.15. The van der Waals surface area contributed by atoms with Gasteiger partial charge in [-0.15, -0.1) is 0 Å². The molecule has 2 N–H and O–H groups in total. The molecule has 0 atom stereocenters. The van der Waals surface area contributed by atoms with Gasteiger partial charge in [0.25, 0.3) is 0 Å². The van der Waals surface area contributed by atoms with Gasteiger partial charge in [-0.05, 0) is 35.6 Å². The van der Waals surface area contributed by atoms with Gasteiger partial charge in [0.2, 0.25) is 0 Å². The van der Waals surface area contributed by atoms with Gasteiger partial charge in [0.15, 0.2) is 0 Å². The predicted octanol–water partition coefficient (Wildman–Crippen LogP) is 3.37. The van der Waals surface area contributed by atoms with Gasteiger partial charge >= 0.3 is 11.8 Å². The van der Waals surface area contributed by atoms with Crippen LogP contribution in [0.3, 0.4) is 0 Å². The Morgan fingerprint density at radius 2 is 1.61 bits per heavy atom. The fourth-order valence-corrected chi connectivity index (χ4v) is 2.18. The van der Waals surface area contributed by atoms with E-state index in [0.29, 0.717) is 18.2 Å². The van der Waals surface area contributed by atoms with E-state index in [1.165, 1.54) is 5.56 Å². The molecule has 2 rings (SSSR count). The number of carbonyl (C=O) groups excluding carboxylic acids is 2. The standard InChI is InChI=1S/C19H22N2O2/c1-13(2)16-10-8-15(9-11-16)12-20-18(22)19(23)21-17-7-5-4-6-14(17)3/h4-11,13H,12H2,1-3H3,(H,20,22)(H,21,23). The third kappa shape index (κ3) is 4.68. The fourth-order valence-electron chi connectivity index (χ4n) is 2.18. The van der Waals surface area contributed by atoms with Crippen LogP contribution < -0.4 is 10.6 Å². The minimum Gasteiger partial charge on any atom is -0.344 e. The van der Waals surface area contributed by atoms with Gasteiger partial charge in [0.1, 0.15) is 0 Å². The second-order valence-corrected chi connectivity index (χ2v) is 5.85. The van der Waals surface area contributed by atoms with E-state index >= 15 is 0 Å². The molecule has 0 heterocycles. The van der Waals surface area contributed by atoms with Crippen LogP contribution in [0.15, 0.2) is 48.5 Å². The van der Waals surface area contributed by atoms with Crippen LogP contribution in [0.4, 0.5) is 5.69 Å². The van der Waals surface area contributed by atoms with Crippen molar-refractivity contribution in [3.8, 4) is 0 Å². The normalized spacial score (nSPS) is 10.4. The quantitative estimate of drug-likeness (QED) is 0.851. The molecule has 0 spiro atoms. The zero-order valence-electron chi connectivity index (χ0n) is 13.7. The number of para-hydroxylation sites is 1. The molecule has 4 nitrogen and oxygen atoms in total. The Morgan fingerprint density at radius 1 is 0.957 bits per heavy atom. The van der Waals surface area contributed by atoms with Gasteiger partial charge in [0, 0.05) is 12.2 Å². The number of anilines is 1. The molecule has 0 radical (unpaired) electrons. The molecular formula is C19H22N2O2. The minimum absolute atomic E-state index is 0.332. The maximum Gasteiger partial charge on any atom is 0.313 e. The van der Waals surface area contributed by atoms with E-state index in [1.807, 2.05) is 49.4 Å². The summed E-state index contributed by atoms with van der Waals surface area (Å²) in [6.45, 7) is 6.47. The van der Waals surface area contributed by atoms with Crippen molar-refractivity contribution in [2.24, 2.45) is 0 Å². The highest BCUT2D eigenvalue weighted by molar-refractivity contribution is 6.39. The monoisotopic (exact) mass is 310 g/mol. The molecule has 0 aliphatic carbocycles. The van der Waals surface area contributed by atoms with Crippen LogP contribution in [0.5, 0.6) is 0 Å². The first-order valence-electron chi connectivity index (χ1n) is 7.71. The van der Waals surface area contributed by atoms with Crippen LogP contribution in [0.2, 0.25) is 0 Å². The first-order valence-corrected chi connectivity index (χ1v) is 7.71. The van der Waals surface area contributed by atoms with E-state index in [2.05, 4.69) is 24.5 Å². The van der Waals surface area contributed by atoms with Crippen molar-refractivity contribution in [3.63, 3.8) is 0 Å². The van der Waals surface area contributed by atoms with Crippen LogP contribution in [-0.2, 0) is 16.1 Å². The first-order chi connectivity index (χ1) is 11.0. The van der Waals surface area contributed by atoms with E-state index in [9.17, 15) is 9.59 Å². The van der Waals surface area contributed by atoms with Gasteiger partial charge in [-0.25, -0.2) is 0 Å². The summed E-state index contributed by atoms with van der Waals surface area (Å²) in [5, 5.41) is 5.26. The molecule has 0 aromatic heterocycles. The summed E-state index contributed by atoms with van der Waals surface area (Å²) in [6.07, 6.45) is 0. The van der Waals surface area contributed by atoms with Crippen LogP contribution >= 0.6 is 0 Å². The van der Waals surface area contributed by atoms with E-state index in [0.717, 1.165) is 11.1 Å². The molecule has 4 heteroatoms. The summed E-state index contributed by atoms with van der Waals surface area (Å²) in [5.41, 5.74) is 3.77. The Morgan fingerprint density at radius 3 is 2.22 bits per heavy atom. The summed E-state index contributed by atoms with van der Waals surface area (Å²) in [6, 6.07) is 15.4. The van der Waals surface area contributed by atoms with E-state index in [-0.39, 0.29) is 0 Å². The summed E-state index contributed by atoms with van der Waals surface area (Å²) in [5.74, 6) is -0.821. The number of hydrogen-bond donors (Lipinski definition) is 2. The molecule has 0 aliphatic rings. The zero-order chi connectivity index (χ0) is 16.8. The number of nitrogens with one attached hydrogen (secondary N) is 2. The molecule has 0 saturated carbocycles. The van der Waals surface area contributed by atoms with Crippen molar-refractivity contribution >= 4 is 17.5 Å². The van der Waals surface area contributed by atoms with Crippen LogP contribution in [0.25, 0.3) is 0 Å². The maximum absolute atomic E-state index is 11.9.